The van der Waals surface area contributed by atoms with Gasteiger partial charge in [0.05, 0.1) is 4.92 Å². The highest BCUT2D eigenvalue weighted by Gasteiger charge is 2.18. The van der Waals surface area contributed by atoms with Gasteiger partial charge in [-0.25, -0.2) is 4.98 Å². The Morgan fingerprint density at radius 2 is 2.33 bits per heavy atom. The summed E-state index contributed by atoms with van der Waals surface area (Å²) in [5.41, 5.74) is 0.448. The van der Waals surface area contributed by atoms with Crippen molar-refractivity contribution in [3.63, 3.8) is 0 Å². The molecule has 0 unspecified atom stereocenters. The van der Waals surface area contributed by atoms with Crippen molar-refractivity contribution in [2.24, 2.45) is 0 Å². The zero-order valence-corrected chi connectivity index (χ0v) is 8.96. The molecule has 0 fully saturated rings. The maximum Gasteiger partial charge on any atom is 0.310 e. The molecule has 1 aromatic rings. The lowest BCUT2D eigenvalue weighted by Gasteiger charge is -1.99. The molecule has 0 radical (unpaired) electrons. The van der Waals surface area contributed by atoms with Crippen LogP contribution in [-0.2, 0) is 0 Å². The molecule has 0 bridgehead atoms. The van der Waals surface area contributed by atoms with Crippen LogP contribution in [0.25, 0.3) is 0 Å². The molecule has 1 aromatic heterocycles. The summed E-state index contributed by atoms with van der Waals surface area (Å²) in [5.74, 6) is 0. The molecule has 64 valence electrons. The number of halogens is 2. The summed E-state index contributed by atoms with van der Waals surface area (Å²) in [5, 5.41) is 10.4. The second kappa shape index (κ2) is 3.53. The van der Waals surface area contributed by atoms with E-state index >= 15 is 0 Å². The van der Waals surface area contributed by atoms with Crippen molar-refractivity contribution in [1.29, 1.82) is 0 Å². The minimum Gasteiger partial charge on any atom is -0.258 e. The van der Waals surface area contributed by atoms with Crippen molar-refractivity contribution in [2.45, 2.75) is 6.92 Å². The monoisotopic (exact) mass is 298 g/mol. The van der Waals surface area contributed by atoms with Gasteiger partial charge in [-0.05, 0) is 29.5 Å². The lowest BCUT2D eigenvalue weighted by Crippen LogP contribution is -1.96. The van der Waals surface area contributed by atoms with Gasteiger partial charge in [0, 0.05) is 15.3 Å². The first-order valence-corrected chi connectivity index (χ1v) is 4.44. The molecule has 0 atom stereocenters. The number of hydrogen-bond donors (Lipinski definition) is 0. The van der Waals surface area contributed by atoms with Crippen LogP contribution < -0.4 is 0 Å². The van der Waals surface area contributed by atoms with Gasteiger partial charge in [-0.3, -0.25) is 10.1 Å². The van der Waals surface area contributed by atoms with Crippen LogP contribution in [0, 0.1) is 20.6 Å². The van der Waals surface area contributed by atoms with E-state index in [2.05, 4.69) is 4.98 Å². The van der Waals surface area contributed by atoms with Crippen LogP contribution >= 0.6 is 34.2 Å². The Bertz CT molecular complexity index is 343. The third-order valence-corrected chi connectivity index (χ3v) is 2.75. The third-order valence-electron chi connectivity index (χ3n) is 1.38. The summed E-state index contributed by atoms with van der Waals surface area (Å²) in [4.78, 5) is 13.6. The second-order valence-electron chi connectivity index (χ2n) is 2.13. The maximum absolute atomic E-state index is 10.5. The summed E-state index contributed by atoms with van der Waals surface area (Å²) >= 11 is 7.51. The molecular weight excluding hydrogens is 294 g/mol. The zero-order valence-electron chi connectivity index (χ0n) is 6.04. The van der Waals surface area contributed by atoms with Crippen LogP contribution in [0.1, 0.15) is 5.56 Å². The number of pyridine rings is 1. The average Bonchev–Trinajstić information content (AvgIpc) is 1.97. The van der Waals surface area contributed by atoms with E-state index in [1.807, 2.05) is 22.6 Å². The first-order chi connectivity index (χ1) is 5.54. The van der Waals surface area contributed by atoms with Gasteiger partial charge in [0.15, 0.2) is 0 Å². The Morgan fingerprint density at radius 3 is 2.75 bits per heavy atom. The maximum atomic E-state index is 10.5. The van der Waals surface area contributed by atoms with Crippen LogP contribution in [0.3, 0.4) is 0 Å². The van der Waals surface area contributed by atoms with Gasteiger partial charge < -0.3 is 0 Å². The number of aromatic nitrogens is 1. The van der Waals surface area contributed by atoms with Crippen LogP contribution in [0.2, 0.25) is 5.15 Å². The molecule has 0 amide bonds. The first kappa shape index (κ1) is 9.66. The van der Waals surface area contributed by atoms with Crippen LogP contribution in [0.5, 0.6) is 0 Å². The minimum atomic E-state index is -0.521. The fraction of sp³-hybridized carbons (Fsp3) is 0.167. The quantitative estimate of drug-likeness (QED) is 0.346. The summed E-state index contributed by atoms with van der Waals surface area (Å²) in [7, 11) is 0. The second-order valence-corrected chi connectivity index (χ2v) is 3.65. The summed E-state index contributed by atoms with van der Waals surface area (Å²) in [6.45, 7) is 1.65. The third kappa shape index (κ3) is 1.66. The molecule has 6 heteroatoms. The van der Waals surface area contributed by atoms with Crippen LogP contribution in [-0.4, -0.2) is 9.91 Å². The van der Waals surface area contributed by atoms with Crippen molar-refractivity contribution in [3.05, 3.63) is 30.6 Å². The van der Waals surface area contributed by atoms with Crippen molar-refractivity contribution >= 4 is 39.9 Å². The van der Waals surface area contributed by atoms with E-state index in [1.165, 1.54) is 6.20 Å². The van der Waals surface area contributed by atoms with Gasteiger partial charge in [0.1, 0.15) is 0 Å². The van der Waals surface area contributed by atoms with Gasteiger partial charge >= 0.3 is 5.69 Å². The van der Waals surface area contributed by atoms with Gasteiger partial charge in [-0.2, -0.15) is 0 Å². The summed E-state index contributed by atoms with van der Waals surface area (Å²) in [6, 6.07) is 0. The number of nitrogens with zero attached hydrogens (tertiary/aromatic N) is 2. The molecule has 12 heavy (non-hydrogen) atoms. The number of hydrogen-bond acceptors (Lipinski definition) is 3. The average molecular weight is 298 g/mol. The Labute approximate surface area is 87.2 Å². The predicted octanol–water partition coefficient (Wildman–Crippen LogP) is 2.56. The molecule has 1 heterocycles. The van der Waals surface area contributed by atoms with E-state index in [0.29, 0.717) is 5.56 Å². The standard InChI is InChI=1S/C6H4ClIN2O2/c1-3-4(8)2-9-6(7)5(3)10(11)12/h2H,1H3. The van der Waals surface area contributed by atoms with E-state index < -0.39 is 4.92 Å². The molecule has 1 rings (SSSR count). The van der Waals surface area contributed by atoms with Gasteiger partial charge in [-0.1, -0.05) is 11.6 Å². The highest BCUT2D eigenvalue weighted by molar-refractivity contribution is 14.1. The van der Waals surface area contributed by atoms with Crippen molar-refractivity contribution in [1.82, 2.24) is 4.98 Å². The summed E-state index contributed by atoms with van der Waals surface area (Å²) in [6.07, 6.45) is 1.51. The van der Waals surface area contributed by atoms with E-state index in [4.69, 9.17) is 11.6 Å². The largest absolute Gasteiger partial charge is 0.310 e. The predicted molar refractivity (Wildman–Crippen MR) is 53.4 cm³/mol. The fourth-order valence-electron chi connectivity index (χ4n) is 0.751. The normalized spacial score (nSPS) is 9.92. The van der Waals surface area contributed by atoms with Gasteiger partial charge in [0.2, 0.25) is 5.15 Å². The van der Waals surface area contributed by atoms with Crippen LogP contribution in [0.15, 0.2) is 6.20 Å². The Balaban J connectivity index is 3.43. The molecule has 0 saturated carbocycles. The lowest BCUT2D eigenvalue weighted by atomic mass is 10.3. The minimum absolute atomic E-state index is 0.0575. The fourth-order valence-corrected chi connectivity index (χ4v) is 1.41. The molecule has 0 saturated heterocycles. The molecule has 0 aromatic carbocycles. The number of rotatable bonds is 1. The summed E-state index contributed by atoms with van der Waals surface area (Å²) < 4.78 is 0.740. The molecular formula is C6H4ClIN2O2. The van der Waals surface area contributed by atoms with Gasteiger partial charge in [0.25, 0.3) is 0 Å². The van der Waals surface area contributed by atoms with Crippen LogP contribution in [0.4, 0.5) is 5.69 Å². The topological polar surface area (TPSA) is 56.0 Å². The highest BCUT2D eigenvalue weighted by Crippen LogP contribution is 2.28. The lowest BCUT2D eigenvalue weighted by molar-refractivity contribution is -0.385. The van der Waals surface area contributed by atoms with Crippen molar-refractivity contribution in [2.75, 3.05) is 0 Å². The molecule has 0 aliphatic heterocycles. The molecule has 0 spiro atoms. The van der Waals surface area contributed by atoms with Crippen molar-refractivity contribution < 1.29 is 4.92 Å². The van der Waals surface area contributed by atoms with E-state index in [1.54, 1.807) is 6.92 Å². The molecule has 4 nitrogen and oxygen atoms in total. The van der Waals surface area contributed by atoms with E-state index in [9.17, 15) is 10.1 Å². The highest BCUT2D eigenvalue weighted by atomic mass is 127. The number of nitro groups is 1. The molecule has 0 aliphatic rings. The molecule has 0 aliphatic carbocycles. The SMILES string of the molecule is Cc1c(I)cnc(Cl)c1[N+](=O)[O-]. The first-order valence-electron chi connectivity index (χ1n) is 2.99. The Hall–Kier alpha value is -0.430. The Morgan fingerprint density at radius 1 is 1.75 bits per heavy atom. The zero-order chi connectivity index (χ0) is 9.30. The van der Waals surface area contributed by atoms with Gasteiger partial charge in [-0.15, -0.1) is 0 Å². The van der Waals surface area contributed by atoms with E-state index in [0.717, 1.165) is 3.57 Å². The van der Waals surface area contributed by atoms with Crippen molar-refractivity contribution in [3.8, 4) is 0 Å². The molecule has 0 N–H and O–H groups in total. The smallest absolute Gasteiger partial charge is 0.258 e. The Kier molecular flexibility index (Phi) is 2.84. The van der Waals surface area contributed by atoms with E-state index in [-0.39, 0.29) is 10.8 Å².